The molecule has 0 unspecified atom stereocenters. The van der Waals surface area contributed by atoms with Crippen molar-refractivity contribution in [2.24, 2.45) is 4.99 Å². The van der Waals surface area contributed by atoms with Crippen molar-refractivity contribution in [1.82, 2.24) is 10.3 Å². The molecule has 0 fully saturated rings. The predicted octanol–water partition coefficient (Wildman–Crippen LogP) is 4.18. The maximum absolute atomic E-state index is 12.1. The van der Waals surface area contributed by atoms with E-state index in [1.165, 1.54) is 0 Å². The van der Waals surface area contributed by atoms with E-state index >= 15 is 0 Å². The molecule has 0 spiro atoms. The molecule has 24 heavy (non-hydrogen) atoms. The Hall–Kier alpha value is -2.17. The lowest BCUT2D eigenvalue weighted by molar-refractivity contribution is -0.114. The molecule has 2 aromatic rings. The van der Waals surface area contributed by atoms with Crippen LogP contribution in [0.5, 0.6) is 0 Å². The van der Waals surface area contributed by atoms with Crippen molar-refractivity contribution in [2.75, 3.05) is 7.05 Å². The van der Waals surface area contributed by atoms with E-state index in [1.807, 2.05) is 25.1 Å². The Labute approximate surface area is 151 Å². The second kappa shape index (κ2) is 8.62. The lowest BCUT2D eigenvalue weighted by Gasteiger charge is -2.06. The van der Waals surface area contributed by atoms with Crippen LogP contribution >= 0.6 is 23.2 Å². The van der Waals surface area contributed by atoms with E-state index in [0.717, 1.165) is 11.1 Å². The molecular weight excluding hydrogens is 345 g/mol. The highest BCUT2D eigenvalue weighted by atomic mass is 35.5. The molecule has 0 aliphatic heterocycles. The summed E-state index contributed by atoms with van der Waals surface area (Å²) in [5.74, 6) is -0.284. The molecule has 0 saturated heterocycles. The molecule has 0 bridgehead atoms. The van der Waals surface area contributed by atoms with Crippen molar-refractivity contribution in [1.29, 1.82) is 0 Å². The van der Waals surface area contributed by atoms with Gasteiger partial charge in [-0.25, -0.2) is 0 Å². The average Bonchev–Trinajstić information content (AvgIpc) is 2.59. The first-order chi connectivity index (χ1) is 11.5. The first-order valence-electron chi connectivity index (χ1n) is 7.32. The normalized spacial score (nSPS) is 12.2. The number of nitrogens with one attached hydrogen (secondary N) is 1. The summed E-state index contributed by atoms with van der Waals surface area (Å²) >= 11 is 12.3. The van der Waals surface area contributed by atoms with Gasteiger partial charge in [0.05, 0.1) is 17.3 Å². The predicted molar refractivity (Wildman–Crippen MR) is 99.6 cm³/mol. The maximum Gasteiger partial charge on any atom is 0.269 e. The molecule has 0 saturated carbocycles. The van der Waals surface area contributed by atoms with Crippen molar-refractivity contribution >= 4 is 40.4 Å². The largest absolute Gasteiger partial charge is 0.354 e. The summed E-state index contributed by atoms with van der Waals surface area (Å²) in [5.41, 5.74) is 2.51. The fourth-order valence-electron chi connectivity index (χ4n) is 2.06. The van der Waals surface area contributed by atoms with E-state index in [2.05, 4.69) is 15.3 Å². The third kappa shape index (κ3) is 4.66. The monoisotopic (exact) mass is 361 g/mol. The molecule has 0 aliphatic carbocycles. The van der Waals surface area contributed by atoms with Gasteiger partial charge in [-0.2, -0.15) is 0 Å². The summed E-state index contributed by atoms with van der Waals surface area (Å²) in [6.07, 6.45) is 3.32. The van der Waals surface area contributed by atoms with Crippen molar-refractivity contribution in [3.8, 4) is 0 Å². The first kappa shape index (κ1) is 18.2. The highest BCUT2D eigenvalue weighted by Crippen LogP contribution is 2.21. The Balaban J connectivity index is 2.34. The van der Waals surface area contributed by atoms with Gasteiger partial charge in [0, 0.05) is 18.3 Å². The van der Waals surface area contributed by atoms with Crippen LogP contribution in [0.3, 0.4) is 0 Å². The molecule has 1 N–H and O–H groups in total. The van der Waals surface area contributed by atoms with Crippen LogP contribution in [0.15, 0.2) is 53.7 Å². The summed E-state index contributed by atoms with van der Waals surface area (Å²) < 4.78 is 0. The smallest absolute Gasteiger partial charge is 0.269 e. The minimum absolute atomic E-state index is 0.284. The number of rotatable bonds is 5. The standard InChI is InChI=1S/C18H17Cl2N3O/c1-12(17-15(20)8-5-9-22-17)10-16(18(24)21-2)23-11-13-6-3-4-7-14(13)19/h3-10H,11H2,1-2H3,(H,21,24)/b12-10+,23-16?. The minimum atomic E-state index is -0.284. The number of allylic oxidation sites excluding steroid dienone is 1. The molecule has 1 aromatic carbocycles. The fraction of sp³-hybridized carbons (Fsp3) is 0.167. The van der Waals surface area contributed by atoms with E-state index in [9.17, 15) is 4.79 Å². The van der Waals surface area contributed by atoms with Gasteiger partial charge in [-0.1, -0.05) is 41.4 Å². The second-order valence-corrected chi connectivity index (χ2v) is 5.85. The number of benzene rings is 1. The van der Waals surface area contributed by atoms with E-state index in [-0.39, 0.29) is 11.6 Å². The number of aliphatic imine (C=N–C) groups is 1. The summed E-state index contributed by atoms with van der Waals surface area (Å²) in [6, 6.07) is 10.9. The van der Waals surface area contributed by atoms with Crippen LogP contribution in [-0.4, -0.2) is 23.7 Å². The lowest BCUT2D eigenvalue weighted by Crippen LogP contribution is -2.26. The van der Waals surface area contributed by atoms with Crippen LogP contribution in [-0.2, 0) is 11.3 Å². The number of hydrogen-bond acceptors (Lipinski definition) is 3. The van der Waals surface area contributed by atoms with Gasteiger partial charge in [0.2, 0.25) is 0 Å². The summed E-state index contributed by atoms with van der Waals surface area (Å²) in [6.45, 7) is 2.14. The third-order valence-corrected chi connectivity index (χ3v) is 4.00. The summed E-state index contributed by atoms with van der Waals surface area (Å²) in [4.78, 5) is 20.7. The summed E-state index contributed by atoms with van der Waals surface area (Å²) in [5, 5.41) is 3.73. The fourth-order valence-corrected chi connectivity index (χ4v) is 2.52. The summed E-state index contributed by atoms with van der Waals surface area (Å²) in [7, 11) is 1.56. The van der Waals surface area contributed by atoms with Crippen molar-refractivity contribution < 1.29 is 4.79 Å². The van der Waals surface area contributed by atoms with Gasteiger partial charge in [-0.05, 0) is 42.3 Å². The zero-order valence-corrected chi connectivity index (χ0v) is 14.9. The quantitative estimate of drug-likeness (QED) is 0.812. The zero-order chi connectivity index (χ0) is 17.5. The minimum Gasteiger partial charge on any atom is -0.354 e. The Morgan fingerprint density at radius 3 is 2.58 bits per heavy atom. The molecule has 0 aliphatic rings. The van der Waals surface area contributed by atoms with Crippen molar-refractivity contribution in [2.45, 2.75) is 13.5 Å². The van der Waals surface area contributed by atoms with Gasteiger partial charge in [0.15, 0.2) is 0 Å². The van der Waals surface area contributed by atoms with Crippen molar-refractivity contribution in [3.63, 3.8) is 0 Å². The van der Waals surface area contributed by atoms with Crippen LogP contribution in [0, 0.1) is 0 Å². The van der Waals surface area contributed by atoms with E-state index < -0.39 is 0 Å². The van der Waals surface area contributed by atoms with Crippen LogP contribution in [0.1, 0.15) is 18.2 Å². The van der Waals surface area contributed by atoms with Gasteiger partial charge >= 0.3 is 0 Å². The van der Waals surface area contributed by atoms with E-state index in [0.29, 0.717) is 22.3 Å². The Bertz CT molecular complexity index is 800. The number of amides is 1. The molecule has 1 amide bonds. The molecular formula is C18H17Cl2N3O. The number of aromatic nitrogens is 1. The number of carbonyl (C=O) groups excluding carboxylic acids is 1. The molecule has 2 rings (SSSR count). The lowest BCUT2D eigenvalue weighted by atomic mass is 10.1. The molecule has 1 heterocycles. The van der Waals surface area contributed by atoms with Gasteiger partial charge < -0.3 is 5.32 Å². The van der Waals surface area contributed by atoms with Gasteiger partial charge in [-0.3, -0.25) is 14.8 Å². The molecule has 0 radical (unpaired) electrons. The van der Waals surface area contributed by atoms with Gasteiger partial charge in [0.1, 0.15) is 5.71 Å². The van der Waals surface area contributed by atoms with Crippen LogP contribution in [0.2, 0.25) is 10.0 Å². The van der Waals surface area contributed by atoms with Crippen LogP contribution in [0.4, 0.5) is 0 Å². The average molecular weight is 362 g/mol. The highest BCUT2D eigenvalue weighted by molar-refractivity contribution is 6.44. The maximum atomic E-state index is 12.1. The van der Waals surface area contributed by atoms with Crippen LogP contribution < -0.4 is 5.32 Å². The van der Waals surface area contributed by atoms with Gasteiger partial charge in [-0.15, -0.1) is 0 Å². The molecule has 0 atom stereocenters. The third-order valence-electron chi connectivity index (χ3n) is 3.32. The van der Waals surface area contributed by atoms with Gasteiger partial charge in [0.25, 0.3) is 5.91 Å². The second-order valence-electron chi connectivity index (χ2n) is 5.03. The first-order valence-corrected chi connectivity index (χ1v) is 8.07. The topological polar surface area (TPSA) is 54.4 Å². The number of hydrogen-bond donors (Lipinski definition) is 1. The number of nitrogens with zero attached hydrogens (tertiary/aromatic N) is 2. The Morgan fingerprint density at radius 1 is 1.21 bits per heavy atom. The zero-order valence-electron chi connectivity index (χ0n) is 13.4. The van der Waals surface area contributed by atoms with E-state index in [1.54, 1.807) is 37.5 Å². The SMILES string of the molecule is CNC(=O)C(/C=C(\C)c1ncccc1Cl)=NCc1ccccc1Cl. The molecule has 124 valence electrons. The van der Waals surface area contributed by atoms with E-state index in [4.69, 9.17) is 23.2 Å². The molecule has 6 heteroatoms. The molecule has 1 aromatic heterocycles. The Morgan fingerprint density at radius 2 is 1.92 bits per heavy atom. The van der Waals surface area contributed by atoms with Crippen LogP contribution in [0.25, 0.3) is 5.57 Å². The highest BCUT2D eigenvalue weighted by Gasteiger charge is 2.10. The molecule has 4 nitrogen and oxygen atoms in total. The van der Waals surface area contributed by atoms with Crippen molar-refractivity contribution in [3.05, 3.63) is 70.0 Å². The number of halogens is 2. The number of pyridine rings is 1. The number of carbonyl (C=O) groups is 1. The Kier molecular flexibility index (Phi) is 6.53.